The zero-order valence-corrected chi connectivity index (χ0v) is 43.8. The van der Waals surface area contributed by atoms with Gasteiger partial charge in [-0.2, -0.15) is 92.2 Å². The van der Waals surface area contributed by atoms with Crippen LogP contribution in [0.5, 0.6) is 0 Å². The molecule has 6 saturated heterocycles. The number of fused-ring (bicyclic) bond motifs is 1. The highest BCUT2D eigenvalue weighted by molar-refractivity contribution is 7.05. The van der Waals surface area contributed by atoms with E-state index < -0.39 is 206 Å². The summed E-state index contributed by atoms with van der Waals surface area (Å²) in [5.74, 6) is 0. The fourth-order valence-electron chi connectivity index (χ4n) is 7.95. The van der Waals surface area contributed by atoms with Crippen molar-refractivity contribution in [3.63, 3.8) is 0 Å². The number of halogens is 21. The van der Waals surface area contributed by atoms with E-state index in [1.165, 1.54) is 30.3 Å². The van der Waals surface area contributed by atoms with Crippen molar-refractivity contribution in [3.05, 3.63) is 42.5 Å². The molecule has 72 heavy (non-hydrogen) atoms. The Morgan fingerprint density at radius 2 is 0.444 bits per heavy atom. The van der Waals surface area contributed by atoms with E-state index in [0.29, 0.717) is 0 Å². The van der Waals surface area contributed by atoms with Gasteiger partial charge in [-0.15, -0.1) is 0 Å². The number of alkyl halides is 21. The fourth-order valence-corrected chi connectivity index (χ4v) is 57.7. The maximum absolute atomic E-state index is 14.5. The number of rotatable bonds is 15. The fraction of sp³-hybridized carbons (Fsp3) is 0.677. The minimum Gasteiger partial charge on any atom is -0.373 e. The van der Waals surface area contributed by atoms with Crippen molar-refractivity contribution in [2.24, 2.45) is 0 Å². The first-order chi connectivity index (χ1) is 32.5. The lowest BCUT2D eigenvalue weighted by Gasteiger charge is -2.63. The molecule has 8 bridgehead atoms. The predicted molar refractivity (Wildman–Crippen MR) is 210 cm³/mol. The Morgan fingerprint density at radius 1 is 0.264 bits per heavy atom. The van der Waals surface area contributed by atoms with E-state index in [-0.39, 0.29) is 11.1 Å². The van der Waals surface area contributed by atoms with Gasteiger partial charge in [0.1, 0.15) is 0 Å². The Labute approximate surface area is 400 Å². The van der Waals surface area contributed by atoms with Gasteiger partial charge in [0.05, 0.1) is 0 Å². The summed E-state index contributed by atoms with van der Waals surface area (Å²) < 4.78 is 377. The summed E-state index contributed by atoms with van der Waals surface area (Å²) in [6.45, 7) is 0. The Balaban J connectivity index is 1.67. The molecule has 0 radical (unpaired) electrons. The highest BCUT2D eigenvalue weighted by Gasteiger charge is 2.84. The van der Waals surface area contributed by atoms with E-state index in [1.807, 2.05) is 0 Å². The summed E-state index contributed by atoms with van der Waals surface area (Å²) in [6.07, 6.45) is -54.7. The molecule has 6 aliphatic heterocycles. The van der Waals surface area contributed by atoms with E-state index in [2.05, 4.69) is 0 Å². The van der Waals surface area contributed by atoms with Crippen LogP contribution in [-0.2, 0) is 49.4 Å². The van der Waals surface area contributed by atoms with Crippen molar-refractivity contribution < 1.29 is 142 Å². The van der Waals surface area contributed by atoms with E-state index in [9.17, 15) is 92.2 Å². The third kappa shape index (κ3) is 14.7. The Hall–Kier alpha value is -1.51. The first-order valence-corrected chi connectivity index (χ1v) is 36.1. The van der Waals surface area contributed by atoms with Crippen LogP contribution in [0.4, 0.5) is 92.2 Å². The molecule has 0 saturated carbocycles. The van der Waals surface area contributed by atoms with Crippen LogP contribution in [0, 0.1) is 0 Å². The summed E-state index contributed by atoms with van der Waals surface area (Å²) >= 11 is 0. The van der Waals surface area contributed by atoms with Crippen LogP contribution >= 0.6 is 0 Å². The minimum atomic E-state index is -6.60. The molecule has 6 fully saturated rings. The van der Waals surface area contributed by atoms with Crippen LogP contribution < -0.4 is 5.19 Å². The molecule has 8 rings (SSSR count). The molecular formula is C31H35F21O12Si8. The van der Waals surface area contributed by atoms with E-state index in [0.717, 1.165) is 12.1 Å². The first-order valence-electron chi connectivity index (χ1n) is 20.9. The molecule has 0 aromatic carbocycles. The molecule has 0 spiro atoms. The van der Waals surface area contributed by atoms with Gasteiger partial charge in [0.2, 0.25) is 0 Å². The summed E-state index contributed by atoms with van der Waals surface area (Å²) in [5, 5.41) is -0.712. The Morgan fingerprint density at radius 3 is 0.625 bits per heavy atom. The van der Waals surface area contributed by atoms with Gasteiger partial charge in [-0.3, -0.25) is 0 Å². The molecule has 6 heterocycles. The Kier molecular flexibility index (Phi) is 15.5. The van der Waals surface area contributed by atoms with Gasteiger partial charge < -0.3 is 49.4 Å². The number of hydrogen-bond donors (Lipinski definition) is 0. The molecule has 0 aromatic rings. The van der Waals surface area contributed by atoms with Gasteiger partial charge in [0, 0.05) is 92.4 Å². The molecular weight excluding hydrogens is 1190 g/mol. The lowest BCUT2D eigenvalue weighted by atomic mass is 10.2. The quantitative estimate of drug-likeness (QED) is 0.125. The lowest BCUT2D eigenvalue weighted by Crippen LogP contribution is -2.89. The van der Waals surface area contributed by atoms with Crippen molar-refractivity contribution in [2.45, 2.75) is 130 Å². The molecule has 12 nitrogen and oxygen atoms in total. The molecule has 0 atom stereocenters. The summed E-state index contributed by atoms with van der Waals surface area (Å²) in [7, 11) is -52.1. The molecule has 0 amide bonds. The maximum Gasteiger partial charge on any atom is 0.515 e. The third-order valence-electron chi connectivity index (χ3n) is 10.8. The average Bonchev–Trinajstić information content (AvgIpc) is 3.44. The van der Waals surface area contributed by atoms with Gasteiger partial charge in [-0.05, 0) is 23.3 Å². The zero-order valence-electron chi connectivity index (χ0n) is 35.8. The van der Waals surface area contributed by atoms with Crippen LogP contribution in [0.1, 0.15) is 44.9 Å². The van der Waals surface area contributed by atoms with E-state index in [1.54, 1.807) is 0 Å². The Bertz CT molecular complexity index is 2000. The van der Waals surface area contributed by atoms with Crippen LogP contribution in [0.2, 0.25) is 42.3 Å². The second-order valence-electron chi connectivity index (χ2n) is 16.9. The standard InChI is InChI=1S/C31H35F21O12Si8/c32-25(33,34)6-13-65-53-66(14-7-26(35,36)37)56-69(17-10-29(44,45)46)58-67(54-65,15-8-27(38,39)40)60-71(19-12-31(50,51)52)61-68(55-65,16-9-28(41,42)43)59-70(57-66,18-11-30(47,48)49)63-72(62-69,64-71)24-20-22-4-2-1-3-5-23(22)21-24/h1-5,20-21H,6-19H2. The predicted octanol–water partition coefficient (Wildman–Crippen LogP) is 11.4. The minimum absolute atomic E-state index is 0.0291. The normalized spacial score (nSPS) is 34.7. The van der Waals surface area contributed by atoms with Gasteiger partial charge in [0.25, 0.3) is 0 Å². The SMILES string of the molecule is FC(F)(F)CC[Si]12O[Si]3(CCC(F)(F)F)O[Si]4(CCC(F)(F)F)O[Si](CCC(F)(F)F)(O1)O[Si]1(CCC(F)(F)F)O[Si](CCC(F)(F)F)(O2)O[Si](CCC(F)(F)F)(O3)O[Si](c2cc3cccccc-3c2)(O4)O1. The molecule has 0 aromatic heterocycles. The van der Waals surface area contributed by atoms with Gasteiger partial charge in [0.15, 0.2) is 0 Å². The van der Waals surface area contributed by atoms with Crippen molar-refractivity contribution >= 4 is 75.6 Å². The second kappa shape index (κ2) is 19.1. The smallest absolute Gasteiger partial charge is 0.373 e. The van der Waals surface area contributed by atoms with Crippen molar-refractivity contribution in [2.75, 3.05) is 0 Å². The van der Waals surface area contributed by atoms with Crippen LogP contribution in [0.25, 0.3) is 11.1 Å². The maximum atomic E-state index is 14.5. The molecule has 0 N–H and O–H groups in total. The third-order valence-corrected chi connectivity index (χ3v) is 47.1. The van der Waals surface area contributed by atoms with Crippen LogP contribution in [0.15, 0.2) is 42.5 Å². The second-order valence-corrected chi connectivity index (χ2v) is 41.5. The number of hydrogen-bond acceptors (Lipinski definition) is 12. The molecule has 0 unspecified atom stereocenters. The zero-order chi connectivity index (χ0) is 53.6. The van der Waals surface area contributed by atoms with Gasteiger partial charge in [-0.25, -0.2) is 0 Å². The molecule has 8 aliphatic rings. The van der Waals surface area contributed by atoms with Crippen molar-refractivity contribution in [3.8, 4) is 11.1 Å². The average molecular weight is 1220 g/mol. The summed E-state index contributed by atoms with van der Waals surface area (Å²) in [4.78, 5) is 0. The van der Waals surface area contributed by atoms with Crippen molar-refractivity contribution in [1.82, 2.24) is 0 Å². The van der Waals surface area contributed by atoms with E-state index >= 15 is 0 Å². The van der Waals surface area contributed by atoms with Crippen LogP contribution in [0.3, 0.4) is 0 Å². The van der Waals surface area contributed by atoms with Crippen molar-refractivity contribution in [1.29, 1.82) is 0 Å². The lowest BCUT2D eigenvalue weighted by molar-refractivity contribution is -0.138. The topological polar surface area (TPSA) is 111 Å². The van der Waals surface area contributed by atoms with Gasteiger partial charge >= 0.3 is 114 Å². The van der Waals surface area contributed by atoms with Gasteiger partial charge in [-0.1, -0.05) is 30.3 Å². The van der Waals surface area contributed by atoms with Crippen LogP contribution in [-0.4, -0.2) is 114 Å². The first kappa shape index (κ1) is 58.2. The molecule has 410 valence electrons. The summed E-state index contributed by atoms with van der Waals surface area (Å²) in [5.41, 5.74) is 0.0582. The monoisotopic (exact) mass is 1220 g/mol. The highest BCUT2D eigenvalue weighted by Crippen LogP contribution is 2.56. The van der Waals surface area contributed by atoms with E-state index in [4.69, 9.17) is 49.4 Å². The largest absolute Gasteiger partial charge is 0.515 e. The highest BCUT2D eigenvalue weighted by atomic mass is 28.6. The molecule has 41 heteroatoms. The molecule has 2 aliphatic carbocycles. The summed E-state index contributed by atoms with van der Waals surface area (Å²) in [6, 6.07) is -5.07.